The van der Waals surface area contributed by atoms with Gasteiger partial charge < -0.3 is 15.2 Å². The van der Waals surface area contributed by atoms with Crippen LogP contribution in [0.5, 0.6) is 0 Å². The molecule has 5 nitrogen and oxygen atoms in total. The minimum absolute atomic E-state index is 0.0263. The monoisotopic (exact) mass is 386 g/mol. The van der Waals surface area contributed by atoms with Crippen molar-refractivity contribution in [3.63, 3.8) is 0 Å². The predicted octanol–water partition coefficient (Wildman–Crippen LogP) is 2.90. The zero-order valence-corrected chi connectivity index (χ0v) is 16.1. The van der Waals surface area contributed by atoms with E-state index in [1.54, 1.807) is 25.3 Å². The molecule has 1 unspecified atom stereocenters. The fraction of sp³-hybridized carbons (Fsp3) is 0.409. The van der Waals surface area contributed by atoms with Crippen molar-refractivity contribution in [2.24, 2.45) is 0 Å². The second kappa shape index (κ2) is 9.78. The van der Waals surface area contributed by atoms with Gasteiger partial charge in [-0.1, -0.05) is 24.3 Å². The molecule has 0 aromatic heterocycles. The lowest BCUT2D eigenvalue weighted by molar-refractivity contribution is 0.0388. The van der Waals surface area contributed by atoms with Crippen molar-refractivity contribution in [1.82, 2.24) is 10.2 Å². The average Bonchev–Trinajstić information content (AvgIpc) is 2.73. The van der Waals surface area contributed by atoms with Crippen molar-refractivity contribution in [1.29, 1.82) is 0 Å². The molecule has 1 amide bonds. The topological polar surface area (TPSA) is 61.8 Å². The van der Waals surface area contributed by atoms with E-state index >= 15 is 0 Å². The highest BCUT2D eigenvalue weighted by molar-refractivity contribution is 5.94. The third-order valence-electron chi connectivity index (χ3n) is 5.18. The summed E-state index contributed by atoms with van der Waals surface area (Å²) in [5, 5.41) is 12.8. The van der Waals surface area contributed by atoms with Gasteiger partial charge in [0.15, 0.2) is 0 Å². The summed E-state index contributed by atoms with van der Waals surface area (Å²) in [5.74, 6) is -0.673. The summed E-state index contributed by atoms with van der Waals surface area (Å²) in [5.41, 5.74) is 2.13. The molecule has 150 valence electrons. The van der Waals surface area contributed by atoms with Crippen molar-refractivity contribution in [2.45, 2.75) is 31.6 Å². The van der Waals surface area contributed by atoms with E-state index < -0.39 is 11.9 Å². The van der Waals surface area contributed by atoms with Crippen LogP contribution in [0.3, 0.4) is 0 Å². The number of nitrogens with one attached hydrogen (secondary N) is 1. The Morgan fingerprint density at radius 2 is 1.96 bits per heavy atom. The molecule has 1 aliphatic heterocycles. The van der Waals surface area contributed by atoms with E-state index in [-0.39, 0.29) is 12.5 Å². The highest BCUT2D eigenvalue weighted by Crippen LogP contribution is 2.16. The van der Waals surface area contributed by atoms with E-state index in [1.807, 2.05) is 12.1 Å². The summed E-state index contributed by atoms with van der Waals surface area (Å²) >= 11 is 0. The summed E-state index contributed by atoms with van der Waals surface area (Å²) in [6.07, 6.45) is 1.51. The van der Waals surface area contributed by atoms with E-state index in [2.05, 4.69) is 10.2 Å². The summed E-state index contributed by atoms with van der Waals surface area (Å²) in [6, 6.07) is 13.2. The molecule has 1 atom stereocenters. The highest BCUT2D eigenvalue weighted by atomic mass is 19.1. The van der Waals surface area contributed by atoms with E-state index in [0.717, 1.165) is 38.0 Å². The number of amides is 1. The molecule has 0 radical (unpaired) electrons. The van der Waals surface area contributed by atoms with E-state index in [1.165, 1.54) is 18.2 Å². The Kier molecular flexibility index (Phi) is 7.14. The van der Waals surface area contributed by atoms with Crippen molar-refractivity contribution in [3.8, 4) is 0 Å². The highest BCUT2D eigenvalue weighted by Gasteiger charge is 2.18. The first kappa shape index (κ1) is 20.5. The Morgan fingerprint density at radius 1 is 1.25 bits per heavy atom. The Balaban J connectivity index is 1.48. The van der Waals surface area contributed by atoms with Crippen molar-refractivity contribution < 1.29 is 19.0 Å². The molecule has 1 aliphatic rings. The van der Waals surface area contributed by atoms with Crippen LogP contribution in [0.2, 0.25) is 0 Å². The number of ether oxygens (including phenoxy) is 1. The number of piperidine rings is 1. The third-order valence-corrected chi connectivity index (χ3v) is 5.18. The van der Waals surface area contributed by atoms with Crippen LogP contribution >= 0.6 is 0 Å². The molecule has 0 spiro atoms. The molecule has 0 aliphatic carbocycles. The lowest BCUT2D eigenvalue weighted by Gasteiger charge is -2.31. The third kappa shape index (κ3) is 5.61. The van der Waals surface area contributed by atoms with Gasteiger partial charge in [0.1, 0.15) is 5.82 Å². The van der Waals surface area contributed by atoms with Gasteiger partial charge in [0.2, 0.25) is 0 Å². The van der Waals surface area contributed by atoms with Crippen LogP contribution < -0.4 is 5.32 Å². The second-order valence-corrected chi connectivity index (χ2v) is 7.19. The Morgan fingerprint density at radius 3 is 2.61 bits per heavy atom. The molecule has 1 heterocycles. The van der Waals surface area contributed by atoms with Gasteiger partial charge in [0.25, 0.3) is 5.91 Å². The number of likely N-dealkylation sites (tertiary alicyclic amines) is 1. The molecule has 2 aromatic carbocycles. The van der Waals surface area contributed by atoms with Crippen LogP contribution in [0.15, 0.2) is 48.5 Å². The van der Waals surface area contributed by atoms with Gasteiger partial charge in [-0.3, -0.25) is 9.69 Å². The SMILES string of the molecule is COC1CCN(Cc2ccc(C(=O)NCC(O)c3cccc(F)c3)cc2)CC1. The number of benzene rings is 2. The smallest absolute Gasteiger partial charge is 0.251 e. The summed E-state index contributed by atoms with van der Waals surface area (Å²) < 4.78 is 18.6. The van der Waals surface area contributed by atoms with Crippen molar-refractivity contribution in [2.75, 3.05) is 26.7 Å². The molecule has 0 saturated carbocycles. The van der Waals surface area contributed by atoms with Gasteiger partial charge in [0.05, 0.1) is 12.2 Å². The molecule has 2 aromatic rings. The number of carbonyl (C=O) groups is 1. The molecular weight excluding hydrogens is 359 g/mol. The quantitative estimate of drug-likeness (QED) is 0.768. The first-order chi connectivity index (χ1) is 13.5. The summed E-state index contributed by atoms with van der Waals surface area (Å²) in [7, 11) is 1.77. The van der Waals surface area contributed by atoms with Crippen LogP contribution in [0, 0.1) is 5.82 Å². The minimum Gasteiger partial charge on any atom is -0.387 e. The lowest BCUT2D eigenvalue weighted by atomic mass is 10.1. The second-order valence-electron chi connectivity index (χ2n) is 7.19. The molecule has 1 saturated heterocycles. The Labute approximate surface area is 165 Å². The molecule has 6 heteroatoms. The zero-order valence-electron chi connectivity index (χ0n) is 16.1. The van der Waals surface area contributed by atoms with Gasteiger partial charge in [-0.05, 0) is 48.2 Å². The van der Waals surface area contributed by atoms with Crippen LogP contribution in [-0.4, -0.2) is 48.8 Å². The summed E-state index contributed by atoms with van der Waals surface area (Å²) in [4.78, 5) is 14.7. The Bertz CT molecular complexity index is 774. The molecule has 1 fully saturated rings. The maximum Gasteiger partial charge on any atom is 0.251 e. The number of halogens is 1. The number of rotatable bonds is 7. The summed E-state index contributed by atoms with van der Waals surface area (Å²) in [6.45, 7) is 2.91. The number of carbonyl (C=O) groups excluding carboxylic acids is 1. The van der Waals surface area contributed by atoms with Crippen molar-refractivity contribution >= 4 is 5.91 Å². The van der Waals surface area contributed by atoms with Crippen LogP contribution in [-0.2, 0) is 11.3 Å². The molecular formula is C22H27FN2O3. The number of methoxy groups -OCH3 is 1. The van der Waals surface area contributed by atoms with Crippen LogP contribution in [0.25, 0.3) is 0 Å². The normalized spacial score (nSPS) is 16.7. The van der Waals surface area contributed by atoms with Gasteiger partial charge >= 0.3 is 0 Å². The number of hydrogen-bond acceptors (Lipinski definition) is 4. The lowest BCUT2D eigenvalue weighted by Crippen LogP contribution is -2.36. The Hall–Kier alpha value is -2.28. The van der Waals surface area contributed by atoms with Crippen molar-refractivity contribution in [3.05, 3.63) is 71.0 Å². The number of nitrogens with zero attached hydrogens (tertiary/aromatic N) is 1. The molecule has 0 bridgehead atoms. The number of aliphatic hydroxyl groups is 1. The number of aliphatic hydroxyl groups excluding tert-OH is 1. The minimum atomic E-state index is -0.950. The van der Waals surface area contributed by atoms with E-state index in [9.17, 15) is 14.3 Å². The van der Waals surface area contributed by atoms with Crippen LogP contribution in [0.1, 0.15) is 40.4 Å². The maximum absolute atomic E-state index is 13.2. The largest absolute Gasteiger partial charge is 0.387 e. The van der Waals surface area contributed by atoms with Gasteiger partial charge in [-0.25, -0.2) is 4.39 Å². The first-order valence-corrected chi connectivity index (χ1v) is 9.61. The molecule has 2 N–H and O–H groups in total. The maximum atomic E-state index is 13.2. The van der Waals surface area contributed by atoms with Gasteiger partial charge in [-0.2, -0.15) is 0 Å². The fourth-order valence-electron chi connectivity index (χ4n) is 3.45. The zero-order chi connectivity index (χ0) is 19.9. The molecule has 28 heavy (non-hydrogen) atoms. The molecule has 3 rings (SSSR count). The van der Waals surface area contributed by atoms with Crippen LogP contribution in [0.4, 0.5) is 4.39 Å². The number of hydrogen-bond donors (Lipinski definition) is 2. The standard InChI is InChI=1S/C22H27FN2O3/c1-28-20-9-11-25(12-10-20)15-16-5-7-17(8-6-16)22(27)24-14-21(26)18-3-2-4-19(23)13-18/h2-8,13,20-21,26H,9-12,14-15H2,1H3,(H,24,27). The van der Waals surface area contributed by atoms with E-state index in [4.69, 9.17) is 4.74 Å². The first-order valence-electron chi connectivity index (χ1n) is 9.61. The van der Waals surface area contributed by atoms with Gasteiger partial charge in [-0.15, -0.1) is 0 Å². The van der Waals surface area contributed by atoms with E-state index in [0.29, 0.717) is 17.2 Å². The average molecular weight is 386 g/mol. The fourth-order valence-corrected chi connectivity index (χ4v) is 3.45. The van der Waals surface area contributed by atoms with Gasteiger partial charge in [0, 0.05) is 38.9 Å². The predicted molar refractivity (Wildman–Crippen MR) is 105 cm³/mol.